The lowest BCUT2D eigenvalue weighted by Gasteiger charge is -2.11. The van der Waals surface area contributed by atoms with Crippen LogP contribution in [0.1, 0.15) is 19.8 Å². The van der Waals surface area contributed by atoms with Crippen molar-refractivity contribution in [1.82, 2.24) is 4.90 Å². The molecule has 0 aromatic carbocycles. The van der Waals surface area contributed by atoms with E-state index in [4.69, 9.17) is 0 Å². The van der Waals surface area contributed by atoms with Crippen LogP contribution in [0.4, 0.5) is 4.39 Å². The van der Waals surface area contributed by atoms with Gasteiger partial charge in [0.25, 0.3) is 0 Å². The van der Waals surface area contributed by atoms with Gasteiger partial charge in [-0.2, -0.15) is 0 Å². The number of nitrogens with zero attached hydrogens (tertiary/aromatic N) is 1. The molecule has 0 saturated carbocycles. The Bertz CT molecular complexity index is 253. The zero-order valence-corrected chi connectivity index (χ0v) is 7.44. The van der Waals surface area contributed by atoms with Crippen LogP contribution in [0, 0.1) is 0 Å². The zero-order chi connectivity index (χ0) is 8.55. The predicted molar refractivity (Wildman–Crippen MR) is 47.6 cm³/mol. The Hall–Kier alpha value is -0.630. The van der Waals surface area contributed by atoms with Crippen molar-refractivity contribution in [2.45, 2.75) is 19.8 Å². The quantitative estimate of drug-likeness (QED) is 0.579. The molecule has 1 heterocycles. The smallest absolute Gasteiger partial charge is 0.101 e. The van der Waals surface area contributed by atoms with E-state index in [1.807, 2.05) is 0 Å². The standard InChI is InChI=1S/C10H14FN/c1-2-12-6-8-3-4-10(11)5-9(8)7-12/h5H,2-4,6-7H2,1H3. The fourth-order valence-electron chi connectivity index (χ4n) is 1.92. The summed E-state index contributed by atoms with van der Waals surface area (Å²) < 4.78 is 12.9. The van der Waals surface area contributed by atoms with Crippen LogP contribution in [0.25, 0.3) is 0 Å². The van der Waals surface area contributed by atoms with Crippen LogP contribution in [-0.2, 0) is 0 Å². The van der Waals surface area contributed by atoms with Gasteiger partial charge in [-0.25, -0.2) is 4.39 Å². The molecule has 0 saturated heterocycles. The van der Waals surface area contributed by atoms with Gasteiger partial charge < -0.3 is 0 Å². The largest absolute Gasteiger partial charge is 0.295 e. The van der Waals surface area contributed by atoms with Crippen LogP contribution in [0.5, 0.6) is 0 Å². The maximum Gasteiger partial charge on any atom is 0.101 e. The van der Waals surface area contributed by atoms with Crippen molar-refractivity contribution in [2.75, 3.05) is 19.6 Å². The SMILES string of the molecule is CCN1CC2=C(CCC(F)=C2)C1. The highest BCUT2D eigenvalue weighted by Gasteiger charge is 2.22. The monoisotopic (exact) mass is 167 g/mol. The van der Waals surface area contributed by atoms with Crippen LogP contribution >= 0.6 is 0 Å². The van der Waals surface area contributed by atoms with E-state index in [2.05, 4.69) is 11.8 Å². The van der Waals surface area contributed by atoms with E-state index in [1.165, 1.54) is 11.1 Å². The van der Waals surface area contributed by atoms with E-state index in [0.717, 1.165) is 26.1 Å². The third-order valence-electron chi connectivity index (χ3n) is 2.71. The number of halogens is 1. The molecule has 0 aromatic heterocycles. The van der Waals surface area contributed by atoms with Gasteiger partial charge in [-0.3, -0.25) is 4.90 Å². The molecule has 0 amide bonds. The molecular weight excluding hydrogens is 153 g/mol. The van der Waals surface area contributed by atoms with Crippen LogP contribution in [0.15, 0.2) is 23.0 Å². The van der Waals surface area contributed by atoms with Gasteiger partial charge in [0.15, 0.2) is 0 Å². The zero-order valence-electron chi connectivity index (χ0n) is 7.44. The van der Waals surface area contributed by atoms with Crippen molar-refractivity contribution < 1.29 is 4.39 Å². The number of likely N-dealkylation sites (N-methyl/N-ethyl adjacent to an activating group) is 1. The van der Waals surface area contributed by atoms with Crippen molar-refractivity contribution in [3.8, 4) is 0 Å². The van der Waals surface area contributed by atoms with Crippen molar-refractivity contribution in [1.29, 1.82) is 0 Å². The molecule has 0 aromatic rings. The van der Waals surface area contributed by atoms with Crippen molar-refractivity contribution >= 4 is 0 Å². The minimum Gasteiger partial charge on any atom is -0.295 e. The summed E-state index contributed by atoms with van der Waals surface area (Å²) in [4.78, 5) is 2.35. The molecule has 0 unspecified atom stereocenters. The first-order valence-electron chi connectivity index (χ1n) is 4.59. The van der Waals surface area contributed by atoms with Gasteiger partial charge in [-0.15, -0.1) is 0 Å². The molecule has 2 rings (SSSR count). The topological polar surface area (TPSA) is 3.24 Å². The summed E-state index contributed by atoms with van der Waals surface area (Å²) in [6.45, 7) is 5.25. The van der Waals surface area contributed by atoms with Gasteiger partial charge in [0.2, 0.25) is 0 Å². The molecule has 0 atom stereocenters. The first-order chi connectivity index (χ1) is 5.79. The predicted octanol–water partition coefficient (Wildman–Crippen LogP) is 2.27. The molecule has 1 nitrogen and oxygen atoms in total. The van der Waals surface area contributed by atoms with E-state index < -0.39 is 0 Å². The van der Waals surface area contributed by atoms with Crippen LogP contribution in [-0.4, -0.2) is 24.5 Å². The highest BCUT2D eigenvalue weighted by molar-refractivity contribution is 5.36. The first-order valence-corrected chi connectivity index (χ1v) is 4.59. The average Bonchev–Trinajstić information content (AvgIpc) is 2.46. The lowest BCUT2D eigenvalue weighted by atomic mass is 10.00. The molecule has 66 valence electrons. The lowest BCUT2D eigenvalue weighted by molar-refractivity contribution is 0.364. The van der Waals surface area contributed by atoms with E-state index in [9.17, 15) is 4.39 Å². The summed E-state index contributed by atoms with van der Waals surface area (Å²) in [6.07, 6.45) is 3.29. The second-order valence-corrected chi connectivity index (χ2v) is 3.52. The molecule has 12 heavy (non-hydrogen) atoms. The number of rotatable bonds is 1. The highest BCUT2D eigenvalue weighted by Crippen LogP contribution is 2.29. The molecule has 0 radical (unpaired) electrons. The molecule has 1 aliphatic carbocycles. The van der Waals surface area contributed by atoms with E-state index in [-0.39, 0.29) is 5.83 Å². The normalized spacial score (nSPS) is 24.3. The summed E-state index contributed by atoms with van der Waals surface area (Å²) in [7, 11) is 0. The number of allylic oxidation sites excluding steroid dienone is 1. The Labute approximate surface area is 72.6 Å². The van der Waals surface area contributed by atoms with Gasteiger partial charge in [-0.1, -0.05) is 12.5 Å². The highest BCUT2D eigenvalue weighted by atomic mass is 19.1. The summed E-state index contributed by atoms with van der Waals surface area (Å²) >= 11 is 0. The molecule has 0 spiro atoms. The van der Waals surface area contributed by atoms with Crippen molar-refractivity contribution in [3.63, 3.8) is 0 Å². The second kappa shape index (κ2) is 3.02. The molecule has 1 aliphatic heterocycles. The fraction of sp³-hybridized carbons (Fsp3) is 0.600. The maximum atomic E-state index is 12.9. The van der Waals surface area contributed by atoms with Crippen molar-refractivity contribution in [3.05, 3.63) is 23.0 Å². The fourth-order valence-corrected chi connectivity index (χ4v) is 1.92. The Morgan fingerprint density at radius 1 is 1.42 bits per heavy atom. The average molecular weight is 167 g/mol. The minimum absolute atomic E-state index is 0.0618. The van der Waals surface area contributed by atoms with Crippen LogP contribution in [0.3, 0.4) is 0 Å². The third kappa shape index (κ3) is 1.31. The second-order valence-electron chi connectivity index (χ2n) is 3.52. The van der Waals surface area contributed by atoms with E-state index in [1.54, 1.807) is 6.08 Å². The molecule has 0 N–H and O–H groups in total. The number of hydrogen-bond acceptors (Lipinski definition) is 1. The molecular formula is C10H14FN. The molecule has 2 heteroatoms. The van der Waals surface area contributed by atoms with Gasteiger partial charge >= 0.3 is 0 Å². The summed E-state index contributed by atoms with van der Waals surface area (Å²) in [5.41, 5.74) is 2.69. The van der Waals surface area contributed by atoms with Crippen LogP contribution < -0.4 is 0 Å². The molecule has 2 aliphatic rings. The number of hydrogen-bond donors (Lipinski definition) is 0. The summed E-state index contributed by atoms with van der Waals surface area (Å²) in [5, 5.41) is 0. The van der Waals surface area contributed by atoms with Crippen LogP contribution in [0.2, 0.25) is 0 Å². The Morgan fingerprint density at radius 3 is 3.00 bits per heavy atom. The van der Waals surface area contributed by atoms with E-state index in [0.29, 0.717) is 6.42 Å². The minimum atomic E-state index is 0.0618. The molecule has 0 fully saturated rings. The third-order valence-corrected chi connectivity index (χ3v) is 2.71. The van der Waals surface area contributed by atoms with Crippen molar-refractivity contribution in [2.24, 2.45) is 0 Å². The lowest BCUT2D eigenvalue weighted by Crippen LogP contribution is -2.20. The van der Waals surface area contributed by atoms with Gasteiger partial charge in [0.05, 0.1) is 0 Å². The summed E-state index contributed by atoms with van der Waals surface area (Å²) in [6, 6.07) is 0. The van der Waals surface area contributed by atoms with E-state index >= 15 is 0 Å². The van der Waals surface area contributed by atoms with Gasteiger partial charge in [0.1, 0.15) is 5.83 Å². The van der Waals surface area contributed by atoms with Gasteiger partial charge in [-0.05, 0) is 24.6 Å². The Balaban J connectivity index is 2.13. The maximum absolute atomic E-state index is 12.9. The first kappa shape index (κ1) is 7.99. The summed E-state index contributed by atoms with van der Waals surface area (Å²) in [5.74, 6) is 0.0618. The Morgan fingerprint density at radius 2 is 2.25 bits per heavy atom. The molecule has 0 bridgehead atoms. The van der Waals surface area contributed by atoms with Gasteiger partial charge in [0, 0.05) is 19.5 Å². The Kier molecular flexibility index (Phi) is 2.01.